The van der Waals surface area contributed by atoms with Gasteiger partial charge in [0.2, 0.25) is 5.91 Å². The largest absolute Gasteiger partial charge is 0.409 e. The fourth-order valence-corrected chi connectivity index (χ4v) is 3.28. The van der Waals surface area contributed by atoms with E-state index in [1.54, 1.807) is 17.9 Å². The highest BCUT2D eigenvalue weighted by Crippen LogP contribution is 2.29. The third kappa shape index (κ3) is 2.80. The van der Waals surface area contributed by atoms with E-state index in [1.807, 2.05) is 18.2 Å². The van der Waals surface area contributed by atoms with Gasteiger partial charge in [-0.25, -0.2) is 0 Å². The lowest BCUT2D eigenvalue weighted by atomic mass is 10.2. The molecule has 0 atom stereocenters. The monoisotopic (exact) mass is 342 g/mol. The quantitative estimate of drug-likeness (QED) is 0.674. The molecule has 0 unspecified atom stereocenters. The summed E-state index contributed by atoms with van der Waals surface area (Å²) < 4.78 is 10.5. The highest BCUT2D eigenvalue weighted by Gasteiger charge is 2.24. The Balaban J connectivity index is 1.41. The van der Waals surface area contributed by atoms with E-state index in [0.29, 0.717) is 23.2 Å². The maximum atomic E-state index is 12.4. The van der Waals surface area contributed by atoms with Gasteiger partial charge in [0.15, 0.2) is 5.69 Å². The number of anilines is 1. The average molecular weight is 342 g/mol. The number of nitrogens with zero attached hydrogens (tertiary/aromatic N) is 4. The zero-order valence-electron chi connectivity index (χ0n) is 12.9. The first-order valence-corrected chi connectivity index (χ1v) is 8.47. The first kappa shape index (κ1) is 14.9. The normalized spacial score (nSPS) is 13.3. The molecule has 1 aliphatic rings. The summed E-state index contributed by atoms with van der Waals surface area (Å²) in [6.45, 7) is 2.50. The molecular formula is C16H14N4O3S. The highest BCUT2D eigenvalue weighted by atomic mass is 32.2. The van der Waals surface area contributed by atoms with Gasteiger partial charge >= 0.3 is 0 Å². The van der Waals surface area contributed by atoms with Crippen LogP contribution >= 0.6 is 11.8 Å². The van der Waals surface area contributed by atoms with Crippen LogP contribution in [0.4, 0.5) is 5.69 Å². The SMILES string of the molecule is Cc1cc(-c2nnc(SCC(=O)N3CCc4ccccc43)o2)no1. The number of rotatable bonds is 4. The van der Waals surface area contributed by atoms with Crippen molar-refractivity contribution in [3.8, 4) is 11.6 Å². The maximum absolute atomic E-state index is 12.4. The molecule has 4 rings (SSSR count). The Morgan fingerprint density at radius 2 is 2.21 bits per heavy atom. The Hall–Kier alpha value is -2.61. The lowest BCUT2D eigenvalue weighted by molar-refractivity contribution is -0.116. The van der Waals surface area contributed by atoms with Gasteiger partial charge in [-0.2, -0.15) is 0 Å². The number of fused-ring (bicyclic) bond motifs is 1. The van der Waals surface area contributed by atoms with E-state index >= 15 is 0 Å². The lowest BCUT2D eigenvalue weighted by Gasteiger charge is -2.16. The summed E-state index contributed by atoms with van der Waals surface area (Å²) in [5.41, 5.74) is 2.69. The summed E-state index contributed by atoms with van der Waals surface area (Å²) >= 11 is 1.22. The Bertz CT molecular complexity index is 889. The Labute approximate surface area is 142 Å². The molecule has 7 nitrogen and oxygen atoms in total. The van der Waals surface area contributed by atoms with Gasteiger partial charge in [0, 0.05) is 18.3 Å². The molecule has 1 aromatic carbocycles. The van der Waals surface area contributed by atoms with E-state index < -0.39 is 0 Å². The number of carbonyl (C=O) groups excluding carboxylic acids is 1. The molecule has 0 bridgehead atoms. The van der Waals surface area contributed by atoms with Crippen LogP contribution in [0.25, 0.3) is 11.6 Å². The van der Waals surface area contributed by atoms with Crippen LogP contribution in [0, 0.1) is 6.92 Å². The minimum absolute atomic E-state index is 0.0296. The summed E-state index contributed by atoms with van der Waals surface area (Å²) in [6, 6.07) is 9.69. The maximum Gasteiger partial charge on any atom is 0.277 e. The minimum Gasteiger partial charge on any atom is -0.409 e. The third-order valence-corrected chi connectivity index (χ3v) is 4.56. The Morgan fingerprint density at radius 1 is 1.33 bits per heavy atom. The number of aryl methyl sites for hydroxylation is 1. The van der Waals surface area contributed by atoms with Crippen LogP contribution in [0.1, 0.15) is 11.3 Å². The van der Waals surface area contributed by atoms with Crippen molar-refractivity contribution >= 4 is 23.4 Å². The molecular weight excluding hydrogens is 328 g/mol. The van der Waals surface area contributed by atoms with Crippen LogP contribution in [-0.2, 0) is 11.2 Å². The van der Waals surface area contributed by atoms with Crippen molar-refractivity contribution in [1.29, 1.82) is 0 Å². The van der Waals surface area contributed by atoms with Crippen LogP contribution in [0.15, 0.2) is 44.5 Å². The van der Waals surface area contributed by atoms with Crippen molar-refractivity contribution in [2.45, 2.75) is 18.6 Å². The molecule has 24 heavy (non-hydrogen) atoms. The van der Waals surface area contributed by atoms with Crippen LogP contribution < -0.4 is 4.90 Å². The van der Waals surface area contributed by atoms with Crippen molar-refractivity contribution in [2.75, 3.05) is 17.2 Å². The van der Waals surface area contributed by atoms with Gasteiger partial charge in [-0.3, -0.25) is 4.79 Å². The number of amides is 1. The molecule has 0 saturated heterocycles. The van der Waals surface area contributed by atoms with Crippen molar-refractivity contribution in [2.24, 2.45) is 0 Å². The summed E-state index contributed by atoms with van der Waals surface area (Å²) in [5.74, 6) is 1.23. The predicted molar refractivity (Wildman–Crippen MR) is 87.8 cm³/mol. The minimum atomic E-state index is 0.0296. The topological polar surface area (TPSA) is 85.3 Å². The molecule has 0 fully saturated rings. The molecule has 8 heteroatoms. The number of benzene rings is 1. The molecule has 3 aromatic rings. The predicted octanol–water partition coefficient (Wildman–Crippen LogP) is 2.71. The van der Waals surface area contributed by atoms with E-state index in [9.17, 15) is 4.79 Å². The van der Waals surface area contributed by atoms with Gasteiger partial charge in [0.25, 0.3) is 11.1 Å². The molecule has 0 radical (unpaired) electrons. The summed E-state index contributed by atoms with van der Waals surface area (Å²) in [4.78, 5) is 14.3. The molecule has 2 aromatic heterocycles. The molecule has 0 N–H and O–H groups in total. The van der Waals surface area contributed by atoms with Crippen LogP contribution in [0.5, 0.6) is 0 Å². The number of hydrogen-bond donors (Lipinski definition) is 0. The average Bonchev–Trinajstić information content (AvgIpc) is 3.31. The number of thioether (sulfide) groups is 1. The molecule has 0 aliphatic carbocycles. The second kappa shape index (κ2) is 6.12. The summed E-state index contributed by atoms with van der Waals surface area (Å²) in [7, 11) is 0. The van der Waals surface area contributed by atoms with E-state index in [0.717, 1.165) is 12.1 Å². The van der Waals surface area contributed by atoms with Gasteiger partial charge in [-0.05, 0) is 25.0 Å². The Morgan fingerprint density at radius 3 is 3.04 bits per heavy atom. The van der Waals surface area contributed by atoms with Gasteiger partial charge < -0.3 is 13.8 Å². The van der Waals surface area contributed by atoms with Crippen LogP contribution in [0.2, 0.25) is 0 Å². The molecule has 3 heterocycles. The number of hydrogen-bond acceptors (Lipinski definition) is 7. The number of carbonyl (C=O) groups is 1. The number of aromatic nitrogens is 3. The van der Waals surface area contributed by atoms with E-state index in [-0.39, 0.29) is 17.6 Å². The van der Waals surface area contributed by atoms with Gasteiger partial charge in [0.05, 0.1) is 5.75 Å². The van der Waals surface area contributed by atoms with Crippen molar-refractivity contribution < 1.29 is 13.7 Å². The zero-order valence-corrected chi connectivity index (χ0v) is 13.7. The molecule has 1 aliphatic heterocycles. The highest BCUT2D eigenvalue weighted by molar-refractivity contribution is 7.99. The van der Waals surface area contributed by atoms with E-state index in [1.165, 1.54) is 17.3 Å². The zero-order chi connectivity index (χ0) is 16.5. The summed E-state index contributed by atoms with van der Waals surface area (Å²) in [6.07, 6.45) is 0.892. The van der Waals surface area contributed by atoms with Gasteiger partial charge in [0.1, 0.15) is 5.76 Å². The smallest absolute Gasteiger partial charge is 0.277 e. The van der Waals surface area contributed by atoms with Crippen molar-refractivity contribution in [3.63, 3.8) is 0 Å². The first-order chi connectivity index (χ1) is 11.7. The first-order valence-electron chi connectivity index (χ1n) is 7.49. The second-order valence-corrected chi connectivity index (χ2v) is 6.34. The van der Waals surface area contributed by atoms with Gasteiger partial charge in [-0.1, -0.05) is 35.1 Å². The second-order valence-electron chi connectivity index (χ2n) is 5.41. The van der Waals surface area contributed by atoms with Crippen LogP contribution in [-0.4, -0.2) is 33.6 Å². The fraction of sp³-hybridized carbons (Fsp3) is 0.250. The Kier molecular flexibility index (Phi) is 3.81. The fourth-order valence-electron chi connectivity index (χ4n) is 2.64. The van der Waals surface area contributed by atoms with E-state index in [2.05, 4.69) is 21.4 Å². The van der Waals surface area contributed by atoms with Crippen molar-refractivity contribution in [3.05, 3.63) is 41.7 Å². The van der Waals surface area contributed by atoms with Gasteiger partial charge in [-0.15, -0.1) is 10.2 Å². The molecule has 1 amide bonds. The third-order valence-electron chi connectivity index (χ3n) is 3.76. The number of para-hydroxylation sites is 1. The molecule has 122 valence electrons. The molecule has 0 spiro atoms. The standard InChI is InChI=1S/C16H14N4O3S/c1-10-8-12(19-23-10)15-17-18-16(22-15)24-9-14(21)20-7-6-11-4-2-3-5-13(11)20/h2-5,8H,6-7,9H2,1H3. The van der Waals surface area contributed by atoms with Crippen molar-refractivity contribution in [1.82, 2.24) is 15.4 Å². The molecule has 0 saturated carbocycles. The van der Waals surface area contributed by atoms with E-state index in [4.69, 9.17) is 8.94 Å². The van der Waals surface area contributed by atoms with Crippen LogP contribution in [0.3, 0.4) is 0 Å². The lowest BCUT2D eigenvalue weighted by Crippen LogP contribution is -2.30. The summed E-state index contributed by atoms with van der Waals surface area (Å²) in [5, 5.41) is 12.0.